The van der Waals surface area contributed by atoms with Crippen LogP contribution in [-0.2, 0) is 11.3 Å². The molecule has 0 amide bonds. The Morgan fingerprint density at radius 1 is 1.44 bits per heavy atom. The summed E-state index contributed by atoms with van der Waals surface area (Å²) in [6, 6.07) is 0.970. The lowest BCUT2D eigenvalue weighted by molar-refractivity contribution is -0.00366. The predicted molar refractivity (Wildman–Crippen MR) is 62.4 cm³/mol. The Bertz CT molecular complexity index is 721. The van der Waals surface area contributed by atoms with Crippen molar-refractivity contribution in [3.63, 3.8) is 0 Å². The van der Waals surface area contributed by atoms with E-state index in [1.165, 1.54) is 0 Å². The lowest BCUT2D eigenvalue weighted by Crippen LogP contribution is -2.23. The minimum absolute atomic E-state index is 0.0240. The zero-order valence-corrected chi connectivity index (χ0v) is 9.96. The SMILES string of the molecule is Cc1cn2c3c(c(F)c(F)cc3c1=O)COC2C. The van der Waals surface area contributed by atoms with Crippen LogP contribution >= 0.6 is 0 Å². The molecule has 1 aliphatic rings. The third-order valence-electron chi connectivity index (χ3n) is 3.34. The van der Waals surface area contributed by atoms with Crippen molar-refractivity contribution in [2.24, 2.45) is 0 Å². The van der Waals surface area contributed by atoms with Gasteiger partial charge in [-0.15, -0.1) is 0 Å². The van der Waals surface area contributed by atoms with Gasteiger partial charge in [-0.3, -0.25) is 4.79 Å². The summed E-state index contributed by atoms with van der Waals surface area (Å²) in [6.07, 6.45) is 1.32. The fourth-order valence-electron chi connectivity index (χ4n) is 2.38. The van der Waals surface area contributed by atoms with E-state index in [0.29, 0.717) is 11.1 Å². The van der Waals surface area contributed by atoms with E-state index < -0.39 is 11.6 Å². The third-order valence-corrected chi connectivity index (χ3v) is 3.34. The first-order valence-electron chi connectivity index (χ1n) is 5.64. The smallest absolute Gasteiger partial charge is 0.192 e. The molecule has 1 atom stereocenters. The second-order valence-electron chi connectivity index (χ2n) is 4.51. The van der Waals surface area contributed by atoms with Crippen LogP contribution in [0, 0.1) is 18.6 Å². The van der Waals surface area contributed by atoms with E-state index in [1.807, 2.05) is 0 Å². The number of rotatable bonds is 0. The highest BCUT2D eigenvalue weighted by Crippen LogP contribution is 2.30. The first-order valence-corrected chi connectivity index (χ1v) is 5.64. The van der Waals surface area contributed by atoms with Gasteiger partial charge in [-0.1, -0.05) is 0 Å². The van der Waals surface area contributed by atoms with Crippen LogP contribution in [0.2, 0.25) is 0 Å². The van der Waals surface area contributed by atoms with Gasteiger partial charge in [-0.25, -0.2) is 8.78 Å². The maximum Gasteiger partial charge on any atom is 0.192 e. The molecule has 0 saturated heterocycles. The highest BCUT2D eigenvalue weighted by molar-refractivity contribution is 5.83. The Hall–Kier alpha value is -1.75. The molecule has 1 unspecified atom stereocenters. The highest BCUT2D eigenvalue weighted by Gasteiger charge is 2.24. The Labute approximate surface area is 102 Å². The highest BCUT2D eigenvalue weighted by atomic mass is 19.2. The molecule has 5 heteroatoms. The van der Waals surface area contributed by atoms with E-state index in [-0.39, 0.29) is 29.2 Å². The normalized spacial score (nSPS) is 18.3. The van der Waals surface area contributed by atoms with Crippen LogP contribution in [0.3, 0.4) is 0 Å². The Morgan fingerprint density at radius 2 is 2.17 bits per heavy atom. The average molecular weight is 251 g/mol. The number of pyridine rings is 1. The molecule has 0 N–H and O–H groups in total. The molecule has 0 bridgehead atoms. The molecule has 1 aromatic carbocycles. The summed E-state index contributed by atoms with van der Waals surface area (Å²) < 4.78 is 34.3. The molecule has 1 aromatic heterocycles. The summed E-state index contributed by atoms with van der Waals surface area (Å²) in [4.78, 5) is 12.0. The molecule has 94 valence electrons. The Balaban J connectivity index is 2.60. The van der Waals surface area contributed by atoms with E-state index >= 15 is 0 Å². The maximum absolute atomic E-state index is 13.7. The Kier molecular flexibility index (Phi) is 2.28. The zero-order chi connectivity index (χ0) is 13.0. The van der Waals surface area contributed by atoms with Gasteiger partial charge in [0.1, 0.15) is 6.23 Å². The molecule has 1 aliphatic heterocycles. The minimum Gasteiger partial charge on any atom is -0.353 e. The second-order valence-corrected chi connectivity index (χ2v) is 4.51. The number of benzene rings is 1. The van der Waals surface area contributed by atoms with Gasteiger partial charge in [0.2, 0.25) is 0 Å². The van der Waals surface area contributed by atoms with Crippen molar-refractivity contribution in [1.29, 1.82) is 0 Å². The van der Waals surface area contributed by atoms with Gasteiger partial charge in [0.05, 0.1) is 12.1 Å². The molecular formula is C13H11F2NO2. The summed E-state index contributed by atoms with van der Waals surface area (Å²) in [6.45, 7) is 3.42. The Morgan fingerprint density at radius 3 is 2.89 bits per heavy atom. The maximum atomic E-state index is 13.7. The fraction of sp³-hybridized carbons (Fsp3) is 0.308. The lowest BCUT2D eigenvalue weighted by Gasteiger charge is -2.27. The molecule has 3 nitrogen and oxygen atoms in total. The van der Waals surface area contributed by atoms with Crippen molar-refractivity contribution in [3.8, 4) is 0 Å². The lowest BCUT2D eigenvalue weighted by atomic mass is 10.0. The van der Waals surface area contributed by atoms with E-state index in [9.17, 15) is 13.6 Å². The monoisotopic (exact) mass is 251 g/mol. The van der Waals surface area contributed by atoms with E-state index in [1.54, 1.807) is 24.6 Å². The van der Waals surface area contributed by atoms with Crippen LogP contribution in [0.5, 0.6) is 0 Å². The molecule has 0 radical (unpaired) electrons. The van der Waals surface area contributed by atoms with Gasteiger partial charge < -0.3 is 9.30 Å². The van der Waals surface area contributed by atoms with Crippen molar-refractivity contribution in [2.45, 2.75) is 26.7 Å². The van der Waals surface area contributed by atoms with Crippen LogP contribution in [0.15, 0.2) is 17.1 Å². The van der Waals surface area contributed by atoms with Crippen molar-refractivity contribution in [1.82, 2.24) is 4.57 Å². The van der Waals surface area contributed by atoms with Gasteiger partial charge in [-0.2, -0.15) is 0 Å². The van der Waals surface area contributed by atoms with E-state index in [2.05, 4.69) is 0 Å². The van der Waals surface area contributed by atoms with E-state index in [0.717, 1.165) is 6.07 Å². The van der Waals surface area contributed by atoms with Gasteiger partial charge in [-0.05, 0) is 19.9 Å². The molecule has 0 spiro atoms. The van der Waals surface area contributed by atoms with Crippen molar-refractivity contribution in [2.75, 3.05) is 0 Å². The number of nitrogens with zero attached hydrogens (tertiary/aromatic N) is 1. The summed E-state index contributed by atoms with van der Waals surface area (Å²) in [7, 11) is 0. The van der Waals surface area contributed by atoms with Crippen molar-refractivity contribution in [3.05, 3.63) is 45.2 Å². The van der Waals surface area contributed by atoms with Crippen LogP contribution < -0.4 is 5.43 Å². The van der Waals surface area contributed by atoms with Crippen LogP contribution in [-0.4, -0.2) is 4.57 Å². The van der Waals surface area contributed by atoms with Gasteiger partial charge in [0.25, 0.3) is 0 Å². The quantitative estimate of drug-likeness (QED) is 0.720. The van der Waals surface area contributed by atoms with Gasteiger partial charge >= 0.3 is 0 Å². The first-order chi connectivity index (χ1) is 8.50. The van der Waals surface area contributed by atoms with E-state index in [4.69, 9.17) is 4.74 Å². The minimum atomic E-state index is -1.01. The summed E-state index contributed by atoms with van der Waals surface area (Å²) in [5.41, 5.74) is 0.760. The number of hydrogen-bond donors (Lipinski definition) is 0. The first kappa shape index (κ1) is 11.3. The number of aryl methyl sites for hydroxylation is 1. The van der Waals surface area contributed by atoms with Crippen LogP contribution in [0.25, 0.3) is 10.9 Å². The molecule has 0 aliphatic carbocycles. The van der Waals surface area contributed by atoms with Gasteiger partial charge in [0.15, 0.2) is 17.1 Å². The number of ether oxygens (including phenoxy) is 1. The average Bonchev–Trinajstić information content (AvgIpc) is 2.34. The molecule has 0 saturated carbocycles. The predicted octanol–water partition coefficient (Wildman–Crippen LogP) is 2.64. The second kappa shape index (κ2) is 3.62. The third kappa shape index (κ3) is 1.34. The summed E-state index contributed by atoms with van der Waals surface area (Å²) in [5, 5.41) is 0.207. The molecule has 18 heavy (non-hydrogen) atoms. The number of halogens is 2. The fourth-order valence-corrected chi connectivity index (χ4v) is 2.38. The topological polar surface area (TPSA) is 31.2 Å². The summed E-state index contributed by atoms with van der Waals surface area (Å²) >= 11 is 0. The van der Waals surface area contributed by atoms with Gasteiger partial charge in [0, 0.05) is 22.7 Å². The van der Waals surface area contributed by atoms with Crippen molar-refractivity contribution >= 4 is 10.9 Å². The largest absolute Gasteiger partial charge is 0.353 e. The molecule has 3 rings (SSSR count). The number of hydrogen-bond acceptors (Lipinski definition) is 2. The van der Waals surface area contributed by atoms with Crippen LogP contribution in [0.1, 0.15) is 24.3 Å². The molecule has 0 fully saturated rings. The molecule has 2 heterocycles. The summed E-state index contributed by atoms with van der Waals surface area (Å²) in [5.74, 6) is -1.95. The standard InChI is InChI=1S/C13H11F2NO2/c1-6-4-16-7(2)18-5-9-11(15)10(14)3-8(12(9)16)13(6)17/h3-4,7H,5H2,1-2H3. The number of aromatic nitrogens is 1. The zero-order valence-electron chi connectivity index (χ0n) is 9.96. The van der Waals surface area contributed by atoms with Crippen LogP contribution in [0.4, 0.5) is 8.78 Å². The van der Waals surface area contributed by atoms with Crippen molar-refractivity contribution < 1.29 is 13.5 Å². The molecule has 2 aromatic rings. The molecular weight excluding hydrogens is 240 g/mol.